The van der Waals surface area contributed by atoms with Gasteiger partial charge < -0.3 is 0 Å². The number of benzene rings is 2. The van der Waals surface area contributed by atoms with Crippen LogP contribution in [0.3, 0.4) is 0 Å². The van der Waals surface area contributed by atoms with Crippen LogP contribution in [0.15, 0.2) is 64.3 Å². The Bertz CT molecular complexity index is 1560. The summed E-state index contributed by atoms with van der Waals surface area (Å²) in [5.74, 6) is 0.104. The molecule has 5 aromatic rings. The van der Waals surface area contributed by atoms with Crippen molar-refractivity contribution >= 4 is 28.5 Å². The van der Waals surface area contributed by atoms with Gasteiger partial charge in [0.1, 0.15) is 5.82 Å². The molecular weight excluding hydrogens is 409 g/mol. The maximum Gasteiger partial charge on any atom is 0.332 e. The fourth-order valence-corrected chi connectivity index (χ4v) is 3.77. The van der Waals surface area contributed by atoms with Crippen LogP contribution in [0.2, 0.25) is 5.02 Å². The van der Waals surface area contributed by atoms with Gasteiger partial charge in [0.15, 0.2) is 11.2 Å². The van der Waals surface area contributed by atoms with E-state index in [1.807, 2.05) is 16.7 Å². The molecule has 0 atom stereocenters. The van der Waals surface area contributed by atoms with Gasteiger partial charge in [0.25, 0.3) is 5.56 Å². The highest BCUT2D eigenvalue weighted by Crippen LogP contribution is 2.29. The van der Waals surface area contributed by atoms with Crippen molar-refractivity contribution in [2.24, 2.45) is 14.1 Å². The van der Waals surface area contributed by atoms with E-state index in [4.69, 9.17) is 11.6 Å². The van der Waals surface area contributed by atoms with E-state index in [1.165, 1.54) is 23.7 Å². The van der Waals surface area contributed by atoms with E-state index in [-0.39, 0.29) is 17.0 Å². The summed E-state index contributed by atoms with van der Waals surface area (Å²) in [6.07, 6.45) is 1.76. The predicted molar refractivity (Wildman–Crippen MR) is 113 cm³/mol. The smallest absolute Gasteiger partial charge is 0.279 e. The number of fused-ring (bicyclic) bond motifs is 3. The van der Waals surface area contributed by atoms with Gasteiger partial charge in [0, 0.05) is 36.6 Å². The SMILES string of the molecule is Cn1c(=O)c2c(nc3n(-c4ccc(Cl)cc4)c(-c4ccc(F)cc4)cn23)n(C)c1=O. The number of rotatable bonds is 2. The molecular formula is C21H15ClFN5O2. The molecule has 3 heterocycles. The molecule has 7 nitrogen and oxygen atoms in total. The zero-order valence-electron chi connectivity index (χ0n) is 16.0. The first-order valence-electron chi connectivity index (χ1n) is 9.08. The van der Waals surface area contributed by atoms with E-state index >= 15 is 0 Å². The van der Waals surface area contributed by atoms with Crippen molar-refractivity contribution in [3.63, 3.8) is 0 Å². The van der Waals surface area contributed by atoms with Crippen molar-refractivity contribution in [2.45, 2.75) is 0 Å². The van der Waals surface area contributed by atoms with E-state index in [0.717, 1.165) is 15.8 Å². The summed E-state index contributed by atoms with van der Waals surface area (Å²) in [6.45, 7) is 0. The number of imidazole rings is 2. The monoisotopic (exact) mass is 423 g/mol. The molecule has 9 heteroatoms. The van der Waals surface area contributed by atoms with Gasteiger partial charge in [-0.3, -0.25) is 22.9 Å². The minimum Gasteiger partial charge on any atom is -0.279 e. The highest BCUT2D eigenvalue weighted by Gasteiger charge is 2.21. The Hall–Kier alpha value is -3.65. The fourth-order valence-electron chi connectivity index (χ4n) is 3.64. The first-order chi connectivity index (χ1) is 14.4. The van der Waals surface area contributed by atoms with Crippen LogP contribution in [0, 0.1) is 5.82 Å². The van der Waals surface area contributed by atoms with Gasteiger partial charge in [-0.25, -0.2) is 9.18 Å². The summed E-state index contributed by atoms with van der Waals surface area (Å²) in [5.41, 5.74) is 1.87. The Morgan fingerprint density at radius 2 is 1.60 bits per heavy atom. The van der Waals surface area contributed by atoms with Crippen LogP contribution in [0.1, 0.15) is 0 Å². The summed E-state index contributed by atoms with van der Waals surface area (Å²) in [6, 6.07) is 13.2. The molecule has 0 saturated carbocycles. The third kappa shape index (κ3) is 2.54. The van der Waals surface area contributed by atoms with Crippen molar-refractivity contribution in [3.8, 4) is 16.9 Å². The second kappa shape index (κ2) is 6.43. The Morgan fingerprint density at radius 3 is 2.27 bits per heavy atom. The van der Waals surface area contributed by atoms with Gasteiger partial charge in [-0.15, -0.1) is 0 Å². The quantitative estimate of drug-likeness (QED) is 0.438. The standard InChI is InChI=1S/C21H15ClFN5O2/c1-25-18-17(19(29)26(2)21(25)30)27-11-16(12-3-7-14(23)8-4-12)28(20(27)24-18)15-9-5-13(22)6-10-15/h3-11H,1-2H3. The van der Waals surface area contributed by atoms with E-state index < -0.39 is 11.2 Å². The predicted octanol–water partition coefficient (Wildman–Crippen LogP) is 3.14. The molecule has 0 unspecified atom stereocenters. The normalized spacial score (nSPS) is 11.6. The number of halogens is 2. The molecule has 0 aliphatic carbocycles. The number of aryl methyl sites for hydroxylation is 1. The van der Waals surface area contributed by atoms with Crippen molar-refractivity contribution in [1.29, 1.82) is 0 Å². The Labute approximate surface area is 173 Å². The molecule has 3 aromatic heterocycles. The highest BCUT2D eigenvalue weighted by molar-refractivity contribution is 6.30. The van der Waals surface area contributed by atoms with Crippen LogP contribution >= 0.6 is 11.6 Å². The van der Waals surface area contributed by atoms with Gasteiger partial charge in [-0.2, -0.15) is 4.98 Å². The molecule has 0 saturated heterocycles. The first-order valence-corrected chi connectivity index (χ1v) is 9.46. The molecule has 0 N–H and O–H groups in total. The van der Waals surface area contributed by atoms with Gasteiger partial charge in [-0.05, 0) is 48.5 Å². The Kier molecular flexibility index (Phi) is 3.94. The van der Waals surface area contributed by atoms with E-state index in [0.29, 0.717) is 16.5 Å². The molecule has 0 spiro atoms. The summed E-state index contributed by atoms with van der Waals surface area (Å²) in [5, 5.41) is 0.579. The number of aromatic nitrogens is 5. The van der Waals surface area contributed by atoms with Gasteiger partial charge in [-0.1, -0.05) is 11.6 Å². The minimum absolute atomic E-state index is 0.283. The van der Waals surface area contributed by atoms with Crippen LogP contribution in [0.4, 0.5) is 4.39 Å². The van der Waals surface area contributed by atoms with Crippen LogP contribution < -0.4 is 11.2 Å². The summed E-state index contributed by atoms with van der Waals surface area (Å²) >= 11 is 6.05. The highest BCUT2D eigenvalue weighted by atomic mass is 35.5. The topological polar surface area (TPSA) is 66.2 Å². The van der Waals surface area contributed by atoms with Crippen molar-refractivity contribution < 1.29 is 4.39 Å². The lowest BCUT2D eigenvalue weighted by Crippen LogP contribution is -2.37. The van der Waals surface area contributed by atoms with Crippen LogP contribution in [0.5, 0.6) is 0 Å². The van der Waals surface area contributed by atoms with Crippen LogP contribution in [0.25, 0.3) is 33.9 Å². The van der Waals surface area contributed by atoms with Crippen molar-refractivity contribution in [3.05, 3.63) is 86.4 Å². The summed E-state index contributed by atoms with van der Waals surface area (Å²) in [7, 11) is 3.00. The molecule has 30 heavy (non-hydrogen) atoms. The molecule has 0 fully saturated rings. The average Bonchev–Trinajstić information content (AvgIpc) is 3.28. The molecule has 5 rings (SSSR count). The molecule has 0 bridgehead atoms. The number of hydrogen-bond donors (Lipinski definition) is 0. The molecule has 0 aliphatic heterocycles. The van der Waals surface area contributed by atoms with E-state index in [2.05, 4.69) is 4.98 Å². The maximum absolute atomic E-state index is 13.5. The third-order valence-electron chi connectivity index (χ3n) is 5.19. The Morgan fingerprint density at radius 1 is 0.933 bits per heavy atom. The zero-order chi connectivity index (χ0) is 21.2. The molecule has 150 valence electrons. The van der Waals surface area contributed by atoms with Crippen molar-refractivity contribution in [2.75, 3.05) is 0 Å². The largest absolute Gasteiger partial charge is 0.332 e. The number of nitrogens with zero attached hydrogens (tertiary/aromatic N) is 5. The second-order valence-corrected chi connectivity index (χ2v) is 7.43. The lowest BCUT2D eigenvalue weighted by Gasteiger charge is -2.09. The lowest BCUT2D eigenvalue weighted by atomic mass is 10.1. The second-order valence-electron chi connectivity index (χ2n) is 6.99. The molecule has 0 aliphatic rings. The molecule has 0 radical (unpaired) electrons. The summed E-state index contributed by atoms with van der Waals surface area (Å²) in [4.78, 5) is 29.8. The fraction of sp³-hybridized carbons (Fsp3) is 0.0952. The maximum atomic E-state index is 13.5. The van der Waals surface area contributed by atoms with Crippen LogP contribution in [-0.4, -0.2) is 23.1 Å². The zero-order valence-corrected chi connectivity index (χ0v) is 16.8. The van der Waals surface area contributed by atoms with Crippen molar-refractivity contribution in [1.82, 2.24) is 23.1 Å². The minimum atomic E-state index is -0.454. The van der Waals surface area contributed by atoms with Gasteiger partial charge >= 0.3 is 5.69 Å². The average molecular weight is 424 g/mol. The van der Waals surface area contributed by atoms with Crippen LogP contribution in [-0.2, 0) is 14.1 Å². The van der Waals surface area contributed by atoms with E-state index in [1.54, 1.807) is 41.9 Å². The summed E-state index contributed by atoms with van der Waals surface area (Å²) < 4.78 is 19.4. The third-order valence-corrected chi connectivity index (χ3v) is 5.44. The van der Waals surface area contributed by atoms with Gasteiger partial charge in [0.05, 0.1) is 5.69 Å². The van der Waals surface area contributed by atoms with Gasteiger partial charge in [0.2, 0.25) is 5.78 Å². The first kappa shape index (κ1) is 18.4. The lowest BCUT2D eigenvalue weighted by molar-refractivity contribution is 0.628. The Balaban J connectivity index is 1.95. The molecule has 2 aromatic carbocycles. The molecule has 0 amide bonds. The number of hydrogen-bond acceptors (Lipinski definition) is 3. The van der Waals surface area contributed by atoms with E-state index in [9.17, 15) is 14.0 Å².